The summed E-state index contributed by atoms with van der Waals surface area (Å²) in [5, 5.41) is 9.63. The highest BCUT2D eigenvalue weighted by molar-refractivity contribution is 5.84. The van der Waals surface area contributed by atoms with E-state index in [0.29, 0.717) is 41.9 Å². The molecular weight excluding hydrogens is 630 g/mol. The van der Waals surface area contributed by atoms with Gasteiger partial charge in [-0.3, -0.25) is 9.69 Å². The average molecular weight is 669 g/mol. The third-order valence-corrected chi connectivity index (χ3v) is 9.73. The lowest BCUT2D eigenvalue weighted by Crippen LogP contribution is -2.45. The molecule has 2 aliphatic rings. The van der Waals surface area contributed by atoms with Crippen molar-refractivity contribution < 1.29 is 27.8 Å². The zero-order chi connectivity index (χ0) is 34.2. The fourth-order valence-electron chi connectivity index (χ4n) is 6.99. The van der Waals surface area contributed by atoms with Gasteiger partial charge in [0.1, 0.15) is 17.3 Å². The van der Waals surface area contributed by atoms with Crippen LogP contribution in [0.1, 0.15) is 29.5 Å². The van der Waals surface area contributed by atoms with Crippen molar-refractivity contribution in [1.29, 1.82) is 0 Å². The molecule has 1 N–H and O–H groups in total. The normalized spacial score (nSPS) is 17.3. The van der Waals surface area contributed by atoms with Gasteiger partial charge in [0.25, 0.3) is 0 Å². The largest absolute Gasteiger partial charge is 0.480 e. The maximum Gasteiger partial charge on any atom is 0.387 e. The first-order valence-corrected chi connectivity index (χ1v) is 16.5. The Bertz CT molecular complexity index is 1990. The van der Waals surface area contributed by atoms with Gasteiger partial charge in [0.2, 0.25) is 11.8 Å². The van der Waals surface area contributed by atoms with Crippen LogP contribution < -0.4 is 9.64 Å². The first kappa shape index (κ1) is 32.6. The van der Waals surface area contributed by atoms with Gasteiger partial charge in [-0.05, 0) is 80.2 Å². The van der Waals surface area contributed by atoms with Gasteiger partial charge < -0.3 is 24.1 Å². The second-order valence-electron chi connectivity index (χ2n) is 12.8. The Balaban J connectivity index is 1.20. The second kappa shape index (κ2) is 13.5. The number of nitrogens with zero attached hydrogens (tertiary/aromatic N) is 6. The fourth-order valence-corrected chi connectivity index (χ4v) is 6.99. The van der Waals surface area contributed by atoms with Gasteiger partial charge in [0.15, 0.2) is 5.58 Å². The van der Waals surface area contributed by atoms with Crippen LogP contribution in [0.15, 0.2) is 65.3 Å². The topological polar surface area (TPSA) is 108 Å². The van der Waals surface area contributed by atoms with Gasteiger partial charge in [-0.2, -0.15) is 8.78 Å². The van der Waals surface area contributed by atoms with Crippen molar-refractivity contribution >= 4 is 23.0 Å². The number of carbonyl (C=O) groups is 1. The molecule has 2 fully saturated rings. The number of oxazole rings is 1. The number of ether oxygens (including phenoxy) is 1. The molecule has 49 heavy (non-hydrogen) atoms. The van der Waals surface area contributed by atoms with Crippen molar-refractivity contribution in [1.82, 2.24) is 24.8 Å². The lowest BCUT2D eigenvalue weighted by molar-refractivity contribution is -0.142. The number of anilines is 1. The number of hydrogen-bond acceptors (Lipinski definition) is 9. The van der Waals surface area contributed by atoms with Crippen molar-refractivity contribution in [2.24, 2.45) is 0 Å². The summed E-state index contributed by atoms with van der Waals surface area (Å²) in [6.45, 7) is 5.51. The molecule has 2 saturated heterocycles. The summed E-state index contributed by atoms with van der Waals surface area (Å²) in [6.07, 6.45) is 5.00. The molecule has 0 spiro atoms. The number of carboxylic acids is 1. The summed E-state index contributed by atoms with van der Waals surface area (Å²) in [7, 11) is 2.12. The number of aromatic nitrogens is 3. The van der Waals surface area contributed by atoms with E-state index in [1.807, 2.05) is 37.5 Å². The number of hydrogen-bond donors (Lipinski definition) is 1. The van der Waals surface area contributed by atoms with Gasteiger partial charge in [-0.25, -0.2) is 15.0 Å². The summed E-state index contributed by atoms with van der Waals surface area (Å²) in [5.74, 6) is 0.107. The maximum absolute atomic E-state index is 13.4. The number of aliphatic carboxylic acids is 1. The number of benzene rings is 3. The van der Waals surface area contributed by atoms with E-state index >= 15 is 0 Å². The Morgan fingerprint density at radius 3 is 2.29 bits per heavy atom. The molecule has 0 unspecified atom stereocenters. The molecule has 1 atom stereocenters. The average Bonchev–Trinajstić information content (AvgIpc) is 3.72. The molecule has 3 aromatic carbocycles. The molecule has 12 heteroatoms. The van der Waals surface area contributed by atoms with E-state index in [1.165, 1.54) is 6.07 Å². The van der Waals surface area contributed by atoms with E-state index in [0.717, 1.165) is 71.1 Å². The zero-order valence-electron chi connectivity index (χ0n) is 27.7. The lowest BCUT2D eigenvalue weighted by Gasteiger charge is -2.32. The Hall–Kier alpha value is -4.94. The Morgan fingerprint density at radius 2 is 1.61 bits per heavy atom. The minimum Gasteiger partial charge on any atom is -0.480 e. The minimum atomic E-state index is -3.05. The van der Waals surface area contributed by atoms with Crippen molar-refractivity contribution in [3.63, 3.8) is 0 Å². The van der Waals surface area contributed by atoms with E-state index in [9.17, 15) is 18.7 Å². The molecule has 7 rings (SSSR count). The number of rotatable bonds is 9. The van der Waals surface area contributed by atoms with Crippen LogP contribution in [0.25, 0.3) is 44.8 Å². The third-order valence-electron chi connectivity index (χ3n) is 9.73. The van der Waals surface area contributed by atoms with Crippen LogP contribution in [0.3, 0.4) is 0 Å². The van der Waals surface area contributed by atoms with Gasteiger partial charge in [-0.15, -0.1) is 0 Å². The van der Waals surface area contributed by atoms with Crippen LogP contribution >= 0.6 is 0 Å². The number of piperazine rings is 1. The Labute approximate surface area is 283 Å². The molecule has 0 radical (unpaired) electrons. The summed E-state index contributed by atoms with van der Waals surface area (Å²) in [4.78, 5) is 32.2. The first-order chi connectivity index (χ1) is 23.7. The van der Waals surface area contributed by atoms with Gasteiger partial charge in [0.05, 0.1) is 0 Å². The summed E-state index contributed by atoms with van der Waals surface area (Å²) in [5.41, 5.74) is 8.02. The standard InChI is InChI=1S/C37H38F2N6O4/c1-22-26(25-19-40-37(41-20-25)44-15-13-43(3)14-16-44)7-4-8-27(22)28-9-5-10-29(23(28)2)34-42-30-17-24(21-45-12-6-11-31(45)35(46)47)32(49-36(38)39)18-33(30)48-34/h4-5,7-10,17-20,31,36H,6,11-16,21H2,1-3H3,(H,46,47)/t31-/m0/s1. The molecule has 2 aromatic heterocycles. The zero-order valence-corrected chi connectivity index (χ0v) is 27.7. The summed E-state index contributed by atoms with van der Waals surface area (Å²) in [6, 6.07) is 14.5. The molecule has 0 aliphatic carbocycles. The highest BCUT2D eigenvalue weighted by atomic mass is 19.3. The number of halogens is 2. The molecular formula is C37H38F2N6O4. The fraction of sp³-hybridized carbons (Fsp3) is 0.351. The minimum absolute atomic E-state index is 0.0558. The van der Waals surface area contributed by atoms with Crippen LogP contribution in [0.4, 0.5) is 14.7 Å². The van der Waals surface area contributed by atoms with Crippen LogP contribution in [0.5, 0.6) is 5.75 Å². The molecule has 0 saturated carbocycles. The second-order valence-corrected chi connectivity index (χ2v) is 12.8. The molecule has 4 heterocycles. The highest BCUT2D eigenvalue weighted by Crippen LogP contribution is 2.38. The van der Waals surface area contributed by atoms with Crippen LogP contribution in [-0.2, 0) is 11.3 Å². The van der Waals surface area contributed by atoms with Crippen molar-refractivity contribution in [3.8, 4) is 39.5 Å². The Morgan fingerprint density at radius 1 is 0.959 bits per heavy atom. The molecule has 5 aromatic rings. The van der Waals surface area contributed by atoms with Crippen molar-refractivity contribution in [2.45, 2.75) is 45.9 Å². The number of carboxylic acid groups (broad SMARTS) is 1. The van der Waals surface area contributed by atoms with Crippen LogP contribution in [0, 0.1) is 13.8 Å². The van der Waals surface area contributed by atoms with E-state index in [4.69, 9.17) is 24.1 Å². The summed E-state index contributed by atoms with van der Waals surface area (Å²) >= 11 is 0. The highest BCUT2D eigenvalue weighted by Gasteiger charge is 2.31. The number of likely N-dealkylation sites (N-methyl/N-ethyl adjacent to an activating group) is 1. The van der Waals surface area contributed by atoms with Gasteiger partial charge in [-0.1, -0.05) is 30.3 Å². The monoisotopic (exact) mass is 668 g/mol. The Kier molecular flexibility index (Phi) is 9.00. The van der Waals surface area contributed by atoms with Crippen molar-refractivity contribution in [2.75, 3.05) is 44.7 Å². The predicted octanol–water partition coefficient (Wildman–Crippen LogP) is 6.64. The lowest BCUT2D eigenvalue weighted by atomic mass is 9.90. The molecule has 254 valence electrons. The molecule has 0 bridgehead atoms. The van der Waals surface area contributed by atoms with Crippen molar-refractivity contribution in [3.05, 3.63) is 77.6 Å². The van der Waals surface area contributed by atoms with Gasteiger partial charge in [0, 0.05) is 67.9 Å². The number of fused-ring (bicyclic) bond motifs is 1. The molecule has 2 aliphatic heterocycles. The maximum atomic E-state index is 13.4. The molecule has 0 amide bonds. The smallest absolute Gasteiger partial charge is 0.387 e. The van der Waals surface area contributed by atoms with Gasteiger partial charge >= 0.3 is 12.6 Å². The van der Waals surface area contributed by atoms with E-state index in [2.05, 4.69) is 42.0 Å². The quantitative estimate of drug-likeness (QED) is 0.184. The first-order valence-electron chi connectivity index (χ1n) is 16.5. The number of alkyl halides is 2. The van der Waals surface area contributed by atoms with Crippen LogP contribution in [-0.4, -0.2) is 88.3 Å². The number of likely N-dealkylation sites (tertiary alicyclic amines) is 1. The third kappa shape index (κ3) is 6.58. The summed E-state index contributed by atoms with van der Waals surface area (Å²) < 4.78 is 37.9. The van der Waals surface area contributed by atoms with Crippen LogP contribution in [0.2, 0.25) is 0 Å². The van der Waals surface area contributed by atoms with E-state index in [-0.39, 0.29) is 12.3 Å². The SMILES string of the molecule is Cc1c(-c2cnc(N3CCN(C)CC3)nc2)cccc1-c1cccc(-c2nc3cc(CN4CCC[C@H]4C(=O)O)c(OC(F)F)cc3o2)c1C. The predicted molar refractivity (Wildman–Crippen MR) is 183 cm³/mol. The van der Waals surface area contributed by atoms with E-state index in [1.54, 1.807) is 11.0 Å². The van der Waals surface area contributed by atoms with E-state index < -0.39 is 18.6 Å². The molecule has 10 nitrogen and oxygen atoms in total.